The molecule has 4 nitrogen and oxygen atoms in total. The fraction of sp³-hybridized carbons (Fsp3) is 0.200. The standard InChI is InChI=1S/C20H20N2O2/c1-13-8-9-14(2)18(12-13)21-19(23)10-11-22-15(3)16-6-4-5-7-17(16)20(22)24/h4-9,12H,3,10-11H2,1-2H3,(H,21,23). The molecule has 0 radical (unpaired) electrons. The van der Waals surface area contributed by atoms with Gasteiger partial charge in [0.15, 0.2) is 0 Å². The van der Waals surface area contributed by atoms with Crippen molar-refractivity contribution in [2.45, 2.75) is 20.3 Å². The van der Waals surface area contributed by atoms with E-state index in [2.05, 4.69) is 11.9 Å². The summed E-state index contributed by atoms with van der Waals surface area (Å²) >= 11 is 0. The minimum absolute atomic E-state index is 0.0878. The number of hydrogen-bond acceptors (Lipinski definition) is 2. The van der Waals surface area contributed by atoms with Crippen molar-refractivity contribution in [3.8, 4) is 0 Å². The lowest BCUT2D eigenvalue weighted by atomic mass is 10.1. The minimum Gasteiger partial charge on any atom is -0.326 e. The van der Waals surface area contributed by atoms with Crippen molar-refractivity contribution >= 4 is 23.2 Å². The van der Waals surface area contributed by atoms with Crippen molar-refractivity contribution in [2.75, 3.05) is 11.9 Å². The second-order valence-corrected chi connectivity index (χ2v) is 6.07. The predicted molar refractivity (Wildman–Crippen MR) is 95.7 cm³/mol. The van der Waals surface area contributed by atoms with Crippen molar-refractivity contribution in [1.82, 2.24) is 4.90 Å². The number of aryl methyl sites for hydroxylation is 2. The highest BCUT2D eigenvalue weighted by atomic mass is 16.2. The molecule has 2 amide bonds. The van der Waals surface area contributed by atoms with E-state index < -0.39 is 0 Å². The summed E-state index contributed by atoms with van der Waals surface area (Å²) in [5.41, 5.74) is 5.08. The zero-order chi connectivity index (χ0) is 17.3. The van der Waals surface area contributed by atoms with Crippen LogP contribution in [0.3, 0.4) is 0 Å². The average molecular weight is 320 g/mol. The molecule has 0 fully saturated rings. The first kappa shape index (κ1) is 16.0. The minimum atomic E-state index is -0.111. The van der Waals surface area contributed by atoms with Gasteiger partial charge in [0, 0.05) is 35.5 Å². The van der Waals surface area contributed by atoms with Gasteiger partial charge in [0.2, 0.25) is 5.91 Å². The van der Waals surface area contributed by atoms with Crippen LogP contribution in [-0.2, 0) is 4.79 Å². The van der Waals surface area contributed by atoms with Gasteiger partial charge in [-0.05, 0) is 37.1 Å². The summed E-state index contributed by atoms with van der Waals surface area (Å²) in [4.78, 5) is 26.2. The van der Waals surface area contributed by atoms with E-state index in [1.54, 1.807) is 11.0 Å². The highest BCUT2D eigenvalue weighted by molar-refractivity contribution is 6.09. The quantitative estimate of drug-likeness (QED) is 0.932. The normalized spacial score (nSPS) is 13.2. The van der Waals surface area contributed by atoms with E-state index in [-0.39, 0.29) is 18.2 Å². The molecule has 0 unspecified atom stereocenters. The lowest BCUT2D eigenvalue weighted by Gasteiger charge is -2.17. The fourth-order valence-electron chi connectivity index (χ4n) is 2.87. The van der Waals surface area contributed by atoms with E-state index >= 15 is 0 Å². The van der Waals surface area contributed by atoms with E-state index in [1.165, 1.54) is 0 Å². The van der Waals surface area contributed by atoms with E-state index in [9.17, 15) is 9.59 Å². The van der Waals surface area contributed by atoms with E-state index in [1.807, 2.05) is 50.2 Å². The fourth-order valence-corrected chi connectivity index (χ4v) is 2.87. The van der Waals surface area contributed by atoms with Crippen LogP contribution in [0.1, 0.15) is 33.5 Å². The Bertz CT molecular complexity index is 804. The molecule has 0 atom stereocenters. The summed E-state index contributed by atoms with van der Waals surface area (Å²) in [6, 6.07) is 13.3. The van der Waals surface area contributed by atoms with Gasteiger partial charge in [-0.25, -0.2) is 0 Å². The maximum atomic E-state index is 12.4. The largest absolute Gasteiger partial charge is 0.326 e. The number of rotatable bonds is 4. The Morgan fingerprint density at radius 2 is 1.83 bits per heavy atom. The SMILES string of the molecule is C=C1c2ccccc2C(=O)N1CCC(=O)Nc1cc(C)ccc1C. The van der Waals surface area contributed by atoms with Crippen molar-refractivity contribution < 1.29 is 9.59 Å². The molecule has 0 spiro atoms. The molecule has 0 aliphatic carbocycles. The second-order valence-electron chi connectivity index (χ2n) is 6.07. The Morgan fingerprint density at radius 3 is 2.54 bits per heavy atom. The van der Waals surface area contributed by atoms with Gasteiger partial charge in [-0.1, -0.05) is 36.9 Å². The molecular formula is C20H20N2O2. The summed E-state index contributed by atoms with van der Waals surface area (Å²) in [7, 11) is 0. The van der Waals surface area contributed by atoms with E-state index in [4.69, 9.17) is 0 Å². The summed E-state index contributed by atoms with van der Waals surface area (Å²) in [5.74, 6) is -0.199. The van der Waals surface area contributed by atoms with Crippen LogP contribution in [0.15, 0.2) is 49.0 Å². The third kappa shape index (κ3) is 2.95. The van der Waals surface area contributed by atoms with Crippen LogP contribution in [0.4, 0.5) is 5.69 Å². The van der Waals surface area contributed by atoms with E-state index in [0.717, 1.165) is 22.4 Å². The van der Waals surface area contributed by atoms with Crippen LogP contribution >= 0.6 is 0 Å². The second kappa shape index (κ2) is 6.32. The lowest BCUT2D eigenvalue weighted by Crippen LogP contribution is -2.27. The van der Waals surface area contributed by atoms with Gasteiger partial charge >= 0.3 is 0 Å². The van der Waals surface area contributed by atoms with Crippen LogP contribution in [0.25, 0.3) is 5.70 Å². The van der Waals surface area contributed by atoms with Gasteiger partial charge in [0.05, 0.1) is 0 Å². The number of nitrogens with zero attached hydrogens (tertiary/aromatic N) is 1. The Labute approximate surface area is 141 Å². The molecule has 2 aromatic carbocycles. The van der Waals surface area contributed by atoms with Gasteiger partial charge in [-0.3, -0.25) is 9.59 Å². The maximum Gasteiger partial charge on any atom is 0.258 e. The summed E-state index contributed by atoms with van der Waals surface area (Å²) in [5, 5.41) is 2.92. The highest BCUT2D eigenvalue weighted by Gasteiger charge is 2.30. The molecule has 0 saturated carbocycles. The van der Waals surface area contributed by atoms with Gasteiger partial charge in [-0.15, -0.1) is 0 Å². The monoisotopic (exact) mass is 320 g/mol. The first-order valence-corrected chi connectivity index (χ1v) is 7.94. The van der Waals surface area contributed by atoms with Crippen molar-refractivity contribution in [2.24, 2.45) is 0 Å². The summed E-state index contributed by atoms with van der Waals surface area (Å²) in [6.45, 7) is 8.25. The van der Waals surface area contributed by atoms with Gasteiger partial charge in [0.1, 0.15) is 0 Å². The Balaban J connectivity index is 1.64. The zero-order valence-corrected chi connectivity index (χ0v) is 13.9. The summed E-state index contributed by atoms with van der Waals surface area (Å²) < 4.78 is 0. The number of amides is 2. The third-order valence-electron chi connectivity index (χ3n) is 4.27. The molecule has 0 bridgehead atoms. The molecule has 0 saturated heterocycles. The molecule has 122 valence electrons. The molecule has 1 heterocycles. The van der Waals surface area contributed by atoms with Crippen LogP contribution in [0, 0.1) is 13.8 Å². The highest BCUT2D eigenvalue weighted by Crippen LogP contribution is 2.31. The van der Waals surface area contributed by atoms with Gasteiger partial charge in [0.25, 0.3) is 5.91 Å². The number of carbonyl (C=O) groups is 2. The molecular weight excluding hydrogens is 300 g/mol. The van der Waals surface area contributed by atoms with Gasteiger partial charge in [-0.2, -0.15) is 0 Å². The van der Waals surface area contributed by atoms with Crippen LogP contribution in [-0.4, -0.2) is 23.3 Å². The number of benzene rings is 2. The molecule has 4 heteroatoms. The Morgan fingerprint density at radius 1 is 1.12 bits per heavy atom. The number of nitrogens with one attached hydrogen (secondary N) is 1. The number of fused-ring (bicyclic) bond motifs is 1. The summed E-state index contributed by atoms with van der Waals surface area (Å²) in [6.07, 6.45) is 0.228. The maximum absolute atomic E-state index is 12.4. The number of anilines is 1. The third-order valence-corrected chi connectivity index (χ3v) is 4.27. The van der Waals surface area contributed by atoms with Crippen LogP contribution in [0.2, 0.25) is 0 Å². The smallest absolute Gasteiger partial charge is 0.258 e. The van der Waals surface area contributed by atoms with Crippen LogP contribution in [0.5, 0.6) is 0 Å². The van der Waals surface area contributed by atoms with Gasteiger partial charge < -0.3 is 10.2 Å². The molecule has 2 aromatic rings. The first-order valence-electron chi connectivity index (χ1n) is 7.94. The van der Waals surface area contributed by atoms with Crippen molar-refractivity contribution in [3.63, 3.8) is 0 Å². The first-order chi connectivity index (χ1) is 11.5. The number of hydrogen-bond donors (Lipinski definition) is 1. The molecule has 1 aliphatic rings. The predicted octanol–water partition coefficient (Wildman–Crippen LogP) is 3.76. The van der Waals surface area contributed by atoms with Crippen molar-refractivity contribution in [1.29, 1.82) is 0 Å². The lowest BCUT2D eigenvalue weighted by molar-refractivity contribution is -0.116. The Kier molecular flexibility index (Phi) is 4.21. The van der Waals surface area contributed by atoms with Crippen LogP contribution < -0.4 is 5.32 Å². The topological polar surface area (TPSA) is 49.4 Å². The average Bonchev–Trinajstić information content (AvgIpc) is 2.81. The molecule has 3 rings (SSSR count). The zero-order valence-electron chi connectivity index (χ0n) is 13.9. The number of carbonyl (C=O) groups excluding carboxylic acids is 2. The molecule has 1 N–H and O–H groups in total. The molecule has 0 aromatic heterocycles. The Hall–Kier alpha value is -2.88. The van der Waals surface area contributed by atoms with Crippen molar-refractivity contribution in [3.05, 3.63) is 71.3 Å². The van der Waals surface area contributed by atoms with E-state index in [0.29, 0.717) is 17.8 Å². The molecule has 24 heavy (non-hydrogen) atoms. The molecule has 1 aliphatic heterocycles.